The molecule has 180 valence electrons. The van der Waals surface area contributed by atoms with E-state index in [1.807, 2.05) is 12.1 Å². The minimum atomic E-state index is -0.134. The Balaban J connectivity index is 1.11. The van der Waals surface area contributed by atoms with Gasteiger partial charge in [-0.3, -0.25) is 4.79 Å². The number of carbonyl (C=O) groups is 2. The van der Waals surface area contributed by atoms with Gasteiger partial charge in [-0.2, -0.15) is 0 Å². The summed E-state index contributed by atoms with van der Waals surface area (Å²) in [5, 5.41) is 9.82. The summed E-state index contributed by atoms with van der Waals surface area (Å²) in [6.07, 6.45) is 7.64. The molecule has 1 heterocycles. The van der Waals surface area contributed by atoms with Gasteiger partial charge in [0.1, 0.15) is 0 Å². The molecule has 3 amide bonds. The Bertz CT molecular complexity index is 863. The second-order valence-electron chi connectivity index (χ2n) is 10.8. The standard InChI is InChI=1S/C25H36ClN5O2/c1-30-6-8-31(9-7-30)22-3-2-20(26)13-21(22)28-23(32)4-5-27-24(33)29-25-14-17-10-18(15-25)12-19(11-17)16-25/h2-3,13,17-19H,4-12,14-16H2,1H3,(H,28,32)(H2,27,29,33). The average Bonchev–Trinajstić information content (AvgIpc) is 2.73. The van der Waals surface area contributed by atoms with Crippen molar-refractivity contribution in [1.29, 1.82) is 0 Å². The summed E-state index contributed by atoms with van der Waals surface area (Å²) in [4.78, 5) is 29.8. The molecule has 4 saturated carbocycles. The Morgan fingerprint density at radius 1 is 1.03 bits per heavy atom. The van der Waals surface area contributed by atoms with Crippen molar-refractivity contribution in [2.45, 2.75) is 50.5 Å². The number of halogens is 1. The zero-order valence-electron chi connectivity index (χ0n) is 19.5. The summed E-state index contributed by atoms with van der Waals surface area (Å²) in [5.74, 6) is 2.24. The van der Waals surface area contributed by atoms with E-state index < -0.39 is 0 Å². The summed E-state index contributed by atoms with van der Waals surface area (Å²) < 4.78 is 0. The Kier molecular flexibility index (Phi) is 6.45. The zero-order chi connectivity index (χ0) is 23.0. The van der Waals surface area contributed by atoms with Gasteiger partial charge in [-0.25, -0.2) is 4.79 Å². The highest BCUT2D eigenvalue weighted by molar-refractivity contribution is 6.31. The SMILES string of the molecule is CN1CCN(c2ccc(Cl)cc2NC(=O)CCNC(=O)NC23CC4CC(CC(C4)C2)C3)CC1. The predicted molar refractivity (Wildman–Crippen MR) is 132 cm³/mol. The van der Waals surface area contributed by atoms with Gasteiger partial charge in [-0.05, 0) is 81.5 Å². The van der Waals surface area contributed by atoms with Crippen LogP contribution in [0.3, 0.4) is 0 Å². The number of likely N-dealkylation sites (N-methyl/N-ethyl adjacent to an activating group) is 1. The highest BCUT2D eigenvalue weighted by Crippen LogP contribution is 2.55. The molecule has 0 radical (unpaired) electrons. The number of hydrogen-bond acceptors (Lipinski definition) is 4. The van der Waals surface area contributed by atoms with Gasteiger partial charge >= 0.3 is 6.03 Å². The summed E-state index contributed by atoms with van der Waals surface area (Å²) in [6, 6.07) is 5.51. The van der Waals surface area contributed by atoms with Crippen LogP contribution in [0.2, 0.25) is 5.02 Å². The Morgan fingerprint density at radius 2 is 1.67 bits per heavy atom. The maximum absolute atomic E-state index is 12.6. The van der Waals surface area contributed by atoms with Crippen LogP contribution in [-0.4, -0.2) is 62.1 Å². The molecule has 1 aromatic rings. The van der Waals surface area contributed by atoms with Gasteiger partial charge in [0.05, 0.1) is 11.4 Å². The lowest BCUT2D eigenvalue weighted by molar-refractivity contribution is -0.116. The largest absolute Gasteiger partial charge is 0.367 e. The highest BCUT2D eigenvalue weighted by atomic mass is 35.5. The molecule has 0 unspecified atom stereocenters. The second kappa shape index (κ2) is 9.34. The van der Waals surface area contributed by atoms with Crippen LogP contribution >= 0.6 is 11.6 Å². The van der Waals surface area contributed by atoms with Crippen molar-refractivity contribution in [2.75, 3.05) is 50.0 Å². The quantitative estimate of drug-likeness (QED) is 0.589. The number of carbonyl (C=O) groups excluding carboxylic acids is 2. The van der Waals surface area contributed by atoms with Gasteiger partial charge in [0, 0.05) is 49.7 Å². The number of hydrogen-bond donors (Lipinski definition) is 3. The van der Waals surface area contributed by atoms with E-state index >= 15 is 0 Å². The molecule has 7 nitrogen and oxygen atoms in total. The third-order valence-electron chi connectivity index (χ3n) is 8.13. The van der Waals surface area contributed by atoms with Crippen molar-refractivity contribution in [1.82, 2.24) is 15.5 Å². The van der Waals surface area contributed by atoms with E-state index in [4.69, 9.17) is 11.6 Å². The van der Waals surface area contributed by atoms with E-state index in [1.54, 1.807) is 6.07 Å². The first-order valence-corrected chi connectivity index (χ1v) is 12.8. The zero-order valence-corrected chi connectivity index (χ0v) is 20.3. The Morgan fingerprint density at radius 3 is 2.30 bits per heavy atom. The molecular formula is C25H36ClN5O2. The molecule has 4 bridgehead atoms. The normalized spacial score (nSPS) is 30.8. The molecule has 0 spiro atoms. The van der Waals surface area contributed by atoms with Crippen LogP contribution in [0, 0.1) is 17.8 Å². The minimum absolute atomic E-state index is 0.0146. The smallest absolute Gasteiger partial charge is 0.315 e. The first-order valence-electron chi connectivity index (χ1n) is 12.5. The molecule has 8 heteroatoms. The van der Waals surface area contributed by atoms with Gasteiger partial charge in [-0.1, -0.05) is 11.6 Å². The molecule has 5 fully saturated rings. The molecule has 0 atom stereocenters. The molecule has 6 rings (SSSR count). The predicted octanol–water partition coefficient (Wildman–Crippen LogP) is 3.69. The summed E-state index contributed by atoms with van der Waals surface area (Å²) in [5.41, 5.74) is 1.71. The van der Waals surface area contributed by atoms with Crippen molar-refractivity contribution < 1.29 is 9.59 Å². The molecule has 0 aromatic heterocycles. The minimum Gasteiger partial charge on any atom is -0.367 e. The average molecular weight is 474 g/mol. The van der Waals surface area contributed by atoms with Crippen molar-refractivity contribution in [2.24, 2.45) is 17.8 Å². The summed E-state index contributed by atoms with van der Waals surface area (Å²) in [6.45, 7) is 4.10. The molecule has 1 aromatic carbocycles. The first-order chi connectivity index (χ1) is 15.9. The molecule has 3 N–H and O–H groups in total. The number of amides is 3. The van der Waals surface area contributed by atoms with Gasteiger partial charge in [0.2, 0.25) is 5.91 Å². The van der Waals surface area contributed by atoms with Crippen molar-refractivity contribution in [3.8, 4) is 0 Å². The van der Waals surface area contributed by atoms with Crippen LogP contribution in [0.15, 0.2) is 18.2 Å². The van der Waals surface area contributed by atoms with Crippen LogP contribution in [0.25, 0.3) is 0 Å². The van der Waals surface area contributed by atoms with Crippen molar-refractivity contribution in [3.05, 3.63) is 23.2 Å². The third kappa shape index (κ3) is 5.24. The fourth-order valence-electron chi connectivity index (χ4n) is 6.98. The second-order valence-corrected chi connectivity index (χ2v) is 11.3. The molecule has 1 aliphatic heterocycles. The van der Waals surface area contributed by atoms with Crippen LogP contribution in [-0.2, 0) is 4.79 Å². The van der Waals surface area contributed by atoms with E-state index in [1.165, 1.54) is 19.3 Å². The van der Waals surface area contributed by atoms with Crippen LogP contribution in [0.4, 0.5) is 16.2 Å². The highest BCUT2D eigenvalue weighted by Gasteiger charge is 2.51. The number of piperazine rings is 1. The van der Waals surface area contributed by atoms with Gasteiger partial charge in [0.15, 0.2) is 0 Å². The van der Waals surface area contributed by atoms with E-state index in [2.05, 4.69) is 32.8 Å². The number of urea groups is 1. The fourth-order valence-corrected chi connectivity index (χ4v) is 7.15. The van der Waals surface area contributed by atoms with E-state index in [0.717, 1.165) is 74.6 Å². The Labute approximate surface area is 201 Å². The van der Waals surface area contributed by atoms with E-state index in [0.29, 0.717) is 11.6 Å². The van der Waals surface area contributed by atoms with Crippen molar-refractivity contribution >= 4 is 34.9 Å². The van der Waals surface area contributed by atoms with Crippen LogP contribution in [0.1, 0.15) is 44.9 Å². The number of rotatable bonds is 6. The topological polar surface area (TPSA) is 76.7 Å². The fraction of sp³-hybridized carbons (Fsp3) is 0.680. The summed E-state index contributed by atoms with van der Waals surface area (Å²) >= 11 is 6.21. The molecule has 5 aliphatic rings. The molecule has 1 saturated heterocycles. The maximum Gasteiger partial charge on any atom is 0.315 e. The van der Waals surface area contributed by atoms with Gasteiger partial charge in [-0.15, -0.1) is 0 Å². The van der Waals surface area contributed by atoms with Gasteiger partial charge in [0.25, 0.3) is 0 Å². The first kappa shape index (κ1) is 22.8. The lowest BCUT2D eigenvalue weighted by Crippen LogP contribution is -2.61. The number of benzene rings is 1. The Hall–Kier alpha value is -1.99. The number of nitrogens with one attached hydrogen (secondary N) is 3. The van der Waals surface area contributed by atoms with E-state index in [-0.39, 0.29) is 23.9 Å². The molecule has 4 aliphatic carbocycles. The van der Waals surface area contributed by atoms with E-state index in [9.17, 15) is 9.59 Å². The van der Waals surface area contributed by atoms with Crippen LogP contribution < -0.4 is 20.9 Å². The monoisotopic (exact) mass is 473 g/mol. The molecular weight excluding hydrogens is 438 g/mol. The summed E-state index contributed by atoms with van der Waals surface area (Å²) in [7, 11) is 2.12. The number of nitrogens with zero attached hydrogens (tertiary/aromatic N) is 2. The van der Waals surface area contributed by atoms with Gasteiger partial charge < -0.3 is 25.8 Å². The van der Waals surface area contributed by atoms with Crippen LogP contribution in [0.5, 0.6) is 0 Å². The van der Waals surface area contributed by atoms with Crippen molar-refractivity contribution in [3.63, 3.8) is 0 Å². The maximum atomic E-state index is 12.6. The third-order valence-corrected chi connectivity index (χ3v) is 8.37. The number of anilines is 2. The lowest BCUT2D eigenvalue weighted by atomic mass is 9.53. The lowest BCUT2D eigenvalue weighted by Gasteiger charge is -2.56. The molecule has 33 heavy (non-hydrogen) atoms.